The molecule has 3 nitrogen and oxygen atoms in total. The van der Waals surface area contributed by atoms with Crippen LogP contribution >= 0.6 is 15.9 Å². The summed E-state index contributed by atoms with van der Waals surface area (Å²) in [4.78, 5) is 0. The first-order chi connectivity index (χ1) is 6.99. The summed E-state index contributed by atoms with van der Waals surface area (Å²) in [6, 6.07) is 1.53. The SMILES string of the molecule is Cc1cc(Br)c(O)c(C(N)CCO)c1C. The van der Waals surface area contributed by atoms with Gasteiger partial charge in [-0.15, -0.1) is 0 Å². The fraction of sp³-hybridized carbons (Fsp3) is 0.455. The van der Waals surface area contributed by atoms with Crippen molar-refractivity contribution in [3.05, 3.63) is 27.2 Å². The van der Waals surface area contributed by atoms with Crippen LogP contribution in [0.1, 0.15) is 29.2 Å². The quantitative estimate of drug-likeness (QED) is 0.791. The van der Waals surface area contributed by atoms with Gasteiger partial charge in [0.2, 0.25) is 0 Å². The molecule has 0 aromatic heterocycles. The molecular weight excluding hydrogens is 258 g/mol. The number of aromatic hydroxyl groups is 1. The minimum Gasteiger partial charge on any atom is -0.506 e. The number of hydrogen-bond acceptors (Lipinski definition) is 3. The van der Waals surface area contributed by atoms with Crippen molar-refractivity contribution in [1.29, 1.82) is 0 Å². The molecule has 4 heteroatoms. The second-order valence-corrected chi connectivity index (χ2v) is 4.54. The Morgan fingerprint density at radius 2 is 2.07 bits per heavy atom. The molecule has 0 aliphatic rings. The van der Waals surface area contributed by atoms with E-state index in [1.54, 1.807) is 0 Å². The molecule has 1 aromatic carbocycles. The zero-order valence-corrected chi connectivity index (χ0v) is 10.5. The topological polar surface area (TPSA) is 66.5 Å². The summed E-state index contributed by atoms with van der Waals surface area (Å²) in [6.45, 7) is 3.91. The van der Waals surface area contributed by atoms with Gasteiger partial charge in [-0.25, -0.2) is 0 Å². The van der Waals surface area contributed by atoms with E-state index in [9.17, 15) is 5.11 Å². The molecule has 0 spiro atoms. The van der Waals surface area contributed by atoms with Crippen molar-refractivity contribution in [2.24, 2.45) is 5.73 Å². The van der Waals surface area contributed by atoms with Crippen LogP contribution in [0, 0.1) is 13.8 Å². The molecule has 1 atom stereocenters. The predicted molar refractivity (Wildman–Crippen MR) is 63.9 cm³/mol. The molecule has 15 heavy (non-hydrogen) atoms. The monoisotopic (exact) mass is 273 g/mol. The third-order valence-electron chi connectivity index (χ3n) is 2.63. The Bertz CT molecular complexity index is 340. The van der Waals surface area contributed by atoms with E-state index in [1.165, 1.54) is 0 Å². The summed E-state index contributed by atoms with van der Waals surface area (Å²) in [7, 11) is 0. The predicted octanol–water partition coefficient (Wildman–Crippen LogP) is 2.15. The van der Waals surface area contributed by atoms with Gasteiger partial charge >= 0.3 is 0 Å². The highest BCUT2D eigenvalue weighted by Gasteiger charge is 2.17. The fourth-order valence-electron chi connectivity index (χ4n) is 1.62. The normalized spacial score (nSPS) is 12.9. The maximum absolute atomic E-state index is 9.89. The zero-order chi connectivity index (χ0) is 11.6. The van der Waals surface area contributed by atoms with Crippen LogP contribution in [-0.4, -0.2) is 16.8 Å². The van der Waals surface area contributed by atoms with Crippen LogP contribution in [0.4, 0.5) is 0 Å². The van der Waals surface area contributed by atoms with Gasteiger partial charge in [-0.1, -0.05) is 0 Å². The van der Waals surface area contributed by atoms with Gasteiger partial charge in [0.15, 0.2) is 0 Å². The average Bonchev–Trinajstić information content (AvgIpc) is 2.16. The lowest BCUT2D eigenvalue weighted by atomic mass is 9.95. The van der Waals surface area contributed by atoms with E-state index >= 15 is 0 Å². The Balaban J connectivity index is 3.26. The Morgan fingerprint density at radius 3 is 2.60 bits per heavy atom. The lowest BCUT2D eigenvalue weighted by Gasteiger charge is -2.18. The van der Waals surface area contributed by atoms with Crippen LogP contribution in [0.3, 0.4) is 0 Å². The van der Waals surface area contributed by atoms with E-state index < -0.39 is 0 Å². The standard InChI is InChI=1S/C11H16BrNO2/c1-6-5-8(12)11(15)10(7(6)2)9(13)3-4-14/h5,9,14-15H,3-4,13H2,1-2H3. The number of rotatable bonds is 3. The van der Waals surface area contributed by atoms with Crippen LogP contribution in [0.5, 0.6) is 5.75 Å². The van der Waals surface area contributed by atoms with Gasteiger partial charge in [-0.2, -0.15) is 0 Å². The number of aliphatic hydroxyl groups is 1. The maximum atomic E-state index is 9.89. The van der Waals surface area contributed by atoms with Gasteiger partial charge < -0.3 is 15.9 Å². The molecule has 1 rings (SSSR count). The van der Waals surface area contributed by atoms with Crippen molar-refractivity contribution in [3.63, 3.8) is 0 Å². The molecule has 1 aromatic rings. The molecule has 0 radical (unpaired) electrons. The minimum atomic E-state index is -0.328. The second kappa shape index (κ2) is 4.96. The first-order valence-corrected chi connectivity index (χ1v) is 5.63. The third-order valence-corrected chi connectivity index (χ3v) is 3.24. The molecule has 0 saturated carbocycles. The van der Waals surface area contributed by atoms with Gasteiger partial charge in [0.05, 0.1) is 4.47 Å². The second-order valence-electron chi connectivity index (χ2n) is 3.68. The first kappa shape index (κ1) is 12.5. The molecule has 0 heterocycles. The van der Waals surface area contributed by atoms with E-state index in [2.05, 4.69) is 15.9 Å². The summed E-state index contributed by atoms with van der Waals surface area (Å²) in [5.74, 6) is 0.180. The number of aryl methyl sites for hydroxylation is 1. The Labute approximate surface area is 98.1 Å². The number of benzene rings is 1. The summed E-state index contributed by atoms with van der Waals surface area (Å²) in [5.41, 5.74) is 8.68. The van der Waals surface area contributed by atoms with Gasteiger partial charge in [-0.3, -0.25) is 0 Å². The smallest absolute Gasteiger partial charge is 0.134 e. The fourth-order valence-corrected chi connectivity index (χ4v) is 2.18. The van der Waals surface area contributed by atoms with Crippen LogP contribution in [0.25, 0.3) is 0 Å². The Kier molecular flexibility index (Phi) is 4.13. The number of phenols is 1. The summed E-state index contributed by atoms with van der Waals surface area (Å²) in [5, 5.41) is 18.7. The zero-order valence-electron chi connectivity index (χ0n) is 8.92. The minimum absolute atomic E-state index is 0.0195. The van der Waals surface area contributed by atoms with E-state index in [1.807, 2.05) is 19.9 Å². The lowest BCUT2D eigenvalue weighted by Crippen LogP contribution is -2.14. The van der Waals surface area contributed by atoms with Crippen molar-refractivity contribution >= 4 is 15.9 Å². The highest BCUT2D eigenvalue weighted by atomic mass is 79.9. The highest BCUT2D eigenvalue weighted by Crippen LogP contribution is 2.36. The molecule has 0 aliphatic carbocycles. The van der Waals surface area contributed by atoms with E-state index in [0.717, 1.165) is 16.7 Å². The largest absolute Gasteiger partial charge is 0.506 e. The number of phenolic OH excluding ortho intramolecular Hbond substituents is 1. The summed E-state index contributed by atoms with van der Waals surface area (Å²) < 4.78 is 0.647. The molecule has 1 unspecified atom stereocenters. The van der Waals surface area contributed by atoms with Crippen molar-refractivity contribution in [2.75, 3.05) is 6.61 Å². The third kappa shape index (κ3) is 2.51. The van der Waals surface area contributed by atoms with Crippen LogP contribution in [0.2, 0.25) is 0 Å². The number of nitrogens with two attached hydrogens (primary N) is 1. The highest BCUT2D eigenvalue weighted by molar-refractivity contribution is 9.10. The maximum Gasteiger partial charge on any atom is 0.134 e. The molecule has 84 valence electrons. The molecule has 4 N–H and O–H groups in total. The van der Waals surface area contributed by atoms with Gasteiger partial charge in [0.1, 0.15) is 5.75 Å². The first-order valence-electron chi connectivity index (χ1n) is 4.84. The van der Waals surface area contributed by atoms with Crippen molar-refractivity contribution < 1.29 is 10.2 Å². The average molecular weight is 274 g/mol. The Morgan fingerprint density at radius 1 is 1.47 bits per heavy atom. The van der Waals surface area contributed by atoms with Gasteiger partial charge in [0.25, 0.3) is 0 Å². The van der Waals surface area contributed by atoms with Gasteiger partial charge in [0, 0.05) is 18.2 Å². The summed E-state index contributed by atoms with van der Waals surface area (Å²) in [6.07, 6.45) is 0.449. The van der Waals surface area contributed by atoms with Crippen LogP contribution < -0.4 is 5.73 Å². The summed E-state index contributed by atoms with van der Waals surface area (Å²) >= 11 is 3.28. The molecule has 0 fully saturated rings. The number of hydrogen-bond donors (Lipinski definition) is 3. The molecule has 0 bridgehead atoms. The van der Waals surface area contributed by atoms with Crippen molar-refractivity contribution in [2.45, 2.75) is 26.3 Å². The van der Waals surface area contributed by atoms with Crippen molar-refractivity contribution in [3.8, 4) is 5.75 Å². The lowest BCUT2D eigenvalue weighted by molar-refractivity contribution is 0.275. The van der Waals surface area contributed by atoms with Gasteiger partial charge in [-0.05, 0) is 53.4 Å². The van der Waals surface area contributed by atoms with Crippen LogP contribution in [-0.2, 0) is 0 Å². The van der Waals surface area contributed by atoms with Crippen molar-refractivity contribution in [1.82, 2.24) is 0 Å². The van der Waals surface area contributed by atoms with Crippen LogP contribution in [0.15, 0.2) is 10.5 Å². The number of halogens is 1. The van der Waals surface area contributed by atoms with E-state index in [-0.39, 0.29) is 18.4 Å². The number of aliphatic hydroxyl groups excluding tert-OH is 1. The van der Waals surface area contributed by atoms with E-state index in [0.29, 0.717) is 10.9 Å². The van der Waals surface area contributed by atoms with E-state index in [4.69, 9.17) is 10.8 Å². The Hall–Kier alpha value is -0.580. The molecule has 0 saturated heterocycles. The molecule has 0 amide bonds. The molecular formula is C11H16BrNO2. The molecule has 0 aliphatic heterocycles.